The van der Waals surface area contributed by atoms with Crippen LogP contribution >= 0.6 is 50.6 Å². The first-order valence-corrected chi connectivity index (χ1v) is 16.7. The van der Waals surface area contributed by atoms with Crippen molar-refractivity contribution in [3.8, 4) is 5.75 Å². The minimum atomic E-state index is -0.374. The number of halogens is 2. The molecule has 7 atom stereocenters. The van der Waals surface area contributed by atoms with E-state index in [9.17, 15) is 14.4 Å². The number of carbonyl (C=O) groups excluding carboxylic acids is 2. The zero-order chi connectivity index (χ0) is 28.7. The molecule has 2 saturated carbocycles. The van der Waals surface area contributed by atoms with Crippen LogP contribution in [-0.2, 0) is 16.2 Å². The maximum absolute atomic E-state index is 14.0. The summed E-state index contributed by atoms with van der Waals surface area (Å²) >= 11 is 12.7. The third-order valence-corrected chi connectivity index (χ3v) is 12.7. The largest absolute Gasteiger partial charge is 0.489 e. The molecule has 42 heavy (non-hydrogen) atoms. The number of thioether (sulfide) groups is 1. The van der Waals surface area contributed by atoms with Gasteiger partial charge in [0.05, 0.1) is 22.5 Å². The van der Waals surface area contributed by atoms with Gasteiger partial charge in [-0.15, -0.1) is 11.8 Å². The number of fused-ring (bicyclic) bond motifs is 9. The Hall–Kier alpha value is -2.85. The average molecular weight is 680 g/mol. The van der Waals surface area contributed by atoms with Crippen LogP contribution in [-0.4, -0.2) is 22.0 Å². The molecular weight excluding hydrogens is 656 g/mol. The first-order valence-electron chi connectivity index (χ1n) is 13.9. The van der Waals surface area contributed by atoms with Gasteiger partial charge in [0.2, 0.25) is 11.8 Å². The van der Waals surface area contributed by atoms with E-state index in [1.807, 2.05) is 42.5 Å². The molecule has 2 aliphatic carbocycles. The molecule has 1 saturated heterocycles. The number of aromatic nitrogens is 1. The Bertz CT molecular complexity index is 1790. The molecule has 2 bridgehead atoms. The number of hydrogen-bond acceptors (Lipinski definition) is 6. The lowest BCUT2D eigenvalue weighted by Crippen LogP contribution is -2.42. The number of ether oxygens (including phenoxy) is 1. The van der Waals surface area contributed by atoms with Crippen LogP contribution in [0.2, 0.25) is 5.02 Å². The van der Waals surface area contributed by atoms with Crippen molar-refractivity contribution in [3.05, 3.63) is 108 Å². The molecule has 8 rings (SSSR count). The maximum atomic E-state index is 14.0. The van der Waals surface area contributed by atoms with E-state index in [2.05, 4.69) is 27.0 Å². The highest BCUT2D eigenvalue weighted by molar-refractivity contribution is 9.10. The van der Waals surface area contributed by atoms with E-state index in [-0.39, 0.29) is 57.4 Å². The van der Waals surface area contributed by atoms with Gasteiger partial charge in [-0.3, -0.25) is 19.3 Å². The number of imide groups is 1. The van der Waals surface area contributed by atoms with Crippen molar-refractivity contribution >= 4 is 68.1 Å². The molecule has 0 spiro atoms. The summed E-state index contributed by atoms with van der Waals surface area (Å²) in [5.41, 5.74) is 2.64. The highest BCUT2D eigenvalue weighted by Crippen LogP contribution is 2.69. The summed E-state index contributed by atoms with van der Waals surface area (Å²) in [5.74, 6) is -0.195. The predicted molar refractivity (Wildman–Crippen MR) is 167 cm³/mol. The second-order valence-electron chi connectivity index (χ2n) is 11.4. The topological polar surface area (TPSA) is 79.5 Å². The summed E-state index contributed by atoms with van der Waals surface area (Å²) < 4.78 is 7.36. The second kappa shape index (κ2) is 10.1. The van der Waals surface area contributed by atoms with Crippen molar-refractivity contribution in [3.63, 3.8) is 0 Å². The molecule has 3 aromatic carbocycles. The van der Waals surface area contributed by atoms with Crippen LogP contribution in [0.15, 0.2) is 87.1 Å². The molecule has 2 amide bonds. The van der Waals surface area contributed by atoms with Crippen LogP contribution in [0.5, 0.6) is 5.75 Å². The van der Waals surface area contributed by atoms with E-state index in [4.69, 9.17) is 16.3 Å². The van der Waals surface area contributed by atoms with Gasteiger partial charge in [0.1, 0.15) is 12.4 Å². The van der Waals surface area contributed by atoms with Crippen molar-refractivity contribution in [2.75, 3.05) is 4.90 Å². The number of rotatable bonds is 5. The van der Waals surface area contributed by atoms with Crippen molar-refractivity contribution in [1.29, 1.82) is 0 Å². The molecular formula is C32H24BrClN2O4S2. The SMILES string of the molecule is O=C1[C@H]2[C@H]3C[C@@H]([C@@H]2C(=O)N1c1ccc(Cl)cc1)[C@H]1[C@H](c2cc(Br)ccc2OCc2ccccc2)c2sc(=O)[nH]c2S[C@H]31. The Morgan fingerprint density at radius 3 is 2.45 bits per heavy atom. The maximum Gasteiger partial charge on any atom is 0.305 e. The Labute approximate surface area is 263 Å². The molecule has 0 unspecified atom stereocenters. The average Bonchev–Trinajstić information content (AvgIpc) is 3.72. The fraction of sp³-hybridized carbons (Fsp3) is 0.281. The van der Waals surface area contributed by atoms with E-state index in [0.29, 0.717) is 17.3 Å². The fourth-order valence-electron chi connectivity index (χ4n) is 7.84. The number of hydrogen-bond donors (Lipinski definition) is 1. The quantitative estimate of drug-likeness (QED) is 0.228. The standard InChI is InChI=1S/C32H24BrClN2O4S2/c33-16-6-11-22(40-14-15-4-2-1-3-5-15)19(12-16)23-24-20-13-21(27(24)41-29-28(23)42-32(39)35-29)26-25(20)30(37)36(31(26)38)18-9-7-17(34)8-10-18/h1-12,20-21,23-27H,13-14H2,(H,35,39)/t20-,21-,23+,24+,25+,26+,27-/m1/s1. The second-order valence-corrected chi connectivity index (χ2v) is 15.0. The summed E-state index contributed by atoms with van der Waals surface area (Å²) in [7, 11) is 0. The summed E-state index contributed by atoms with van der Waals surface area (Å²) in [4.78, 5) is 45.9. The van der Waals surface area contributed by atoms with Crippen LogP contribution in [0.4, 0.5) is 5.69 Å². The van der Waals surface area contributed by atoms with Crippen LogP contribution in [0.1, 0.15) is 28.3 Å². The van der Waals surface area contributed by atoms with Crippen LogP contribution in [0.3, 0.4) is 0 Å². The van der Waals surface area contributed by atoms with E-state index < -0.39 is 0 Å². The Morgan fingerprint density at radius 1 is 0.952 bits per heavy atom. The third kappa shape index (κ3) is 4.08. The normalized spacial score (nSPS) is 29.0. The molecule has 10 heteroatoms. The zero-order valence-electron chi connectivity index (χ0n) is 22.0. The van der Waals surface area contributed by atoms with Gasteiger partial charge < -0.3 is 9.72 Å². The zero-order valence-corrected chi connectivity index (χ0v) is 26.0. The van der Waals surface area contributed by atoms with Crippen molar-refractivity contribution in [2.24, 2.45) is 29.6 Å². The van der Waals surface area contributed by atoms with Gasteiger partial charge in [0.15, 0.2) is 0 Å². The molecule has 4 aliphatic rings. The predicted octanol–water partition coefficient (Wildman–Crippen LogP) is 7.11. The van der Waals surface area contributed by atoms with Gasteiger partial charge in [-0.05, 0) is 72.2 Å². The first-order chi connectivity index (χ1) is 20.4. The van der Waals surface area contributed by atoms with Crippen LogP contribution in [0, 0.1) is 29.6 Å². The van der Waals surface area contributed by atoms with Gasteiger partial charge in [-0.1, -0.05) is 69.2 Å². The monoisotopic (exact) mass is 678 g/mol. The van der Waals surface area contributed by atoms with E-state index in [1.165, 1.54) is 16.2 Å². The minimum absolute atomic E-state index is 0.0163. The summed E-state index contributed by atoms with van der Waals surface area (Å²) in [6.45, 7) is 0.418. The summed E-state index contributed by atoms with van der Waals surface area (Å²) in [6, 6.07) is 23.0. The molecule has 2 aliphatic heterocycles. The number of thiazole rings is 1. The lowest BCUT2D eigenvalue weighted by atomic mass is 9.68. The van der Waals surface area contributed by atoms with E-state index in [0.717, 1.165) is 37.7 Å². The van der Waals surface area contributed by atoms with Gasteiger partial charge in [-0.25, -0.2) is 0 Å². The first kappa shape index (κ1) is 26.8. The van der Waals surface area contributed by atoms with E-state index in [1.54, 1.807) is 36.0 Å². The number of nitrogens with one attached hydrogen (secondary N) is 1. The number of aromatic amines is 1. The highest BCUT2D eigenvalue weighted by Gasteiger charge is 2.69. The molecule has 4 aromatic rings. The number of benzene rings is 3. The van der Waals surface area contributed by atoms with Crippen LogP contribution < -0.4 is 14.5 Å². The molecule has 0 radical (unpaired) electrons. The number of nitrogens with zero attached hydrogens (tertiary/aromatic N) is 1. The number of amides is 2. The van der Waals surface area contributed by atoms with E-state index >= 15 is 0 Å². The minimum Gasteiger partial charge on any atom is -0.489 e. The highest BCUT2D eigenvalue weighted by atomic mass is 79.9. The Morgan fingerprint density at radius 2 is 1.69 bits per heavy atom. The number of H-pyrrole nitrogens is 1. The number of anilines is 1. The van der Waals surface area contributed by atoms with Crippen molar-refractivity contribution in [2.45, 2.75) is 29.2 Å². The third-order valence-electron chi connectivity index (χ3n) is 9.35. The van der Waals surface area contributed by atoms with Gasteiger partial charge in [-0.2, -0.15) is 0 Å². The lowest BCUT2D eigenvalue weighted by Gasteiger charge is -2.43. The van der Waals surface area contributed by atoms with Gasteiger partial charge in [0.25, 0.3) is 0 Å². The fourth-order valence-corrected chi connectivity index (χ4v) is 11.2. The summed E-state index contributed by atoms with van der Waals surface area (Å²) in [5, 5.41) is 1.53. The molecule has 3 fully saturated rings. The molecule has 6 nitrogen and oxygen atoms in total. The molecule has 212 valence electrons. The number of carbonyl (C=O) groups is 2. The smallest absolute Gasteiger partial charge is 0.305 e. The molecule has 1 N–H and O–H groups in total. The van der Waals surface area contributed by atoms with Gasteiger partial charge in [0, 0.05) is 31.1 Å². The van der Waals surface area contributed by atoms with Crippen molar-refractivity contribution < 1.29 is 14.3 Å². The lowest BCUT2D eigenvalue weighted by molar-refractivity contribution is -0.123. The molecule has 1 aromatic heterocycles. The van der Waals surface area contributed by atoms with Crippen LogP contribution in [0.25, 0.3) is 0 Å². The van der Waals surface area contributed by atoms with Gasteiger partial charge >= 0.3 is 4.87 Å². The Balaban J connectivity index is 1.21. The summed E-state index contributed by atoms with van der Waals surface area (Å²) in [6.07, 6.45) is 0.827. The van der Waals surface area contributed by atoms with Crippen molar-refractivity contribution in [1.82, 2.24) is 4.98 Å². The molecule has 3 heterocycles. The Kier molecular flexibility index (Phi) is 6.44.